The van der Waals surface area contributed by atoms with E-state index < -0.39 is 53.9 Å². The Morgan fingerprint density at radius 1 is 1.14 bits per heavy atom. The van der Waals surface area contributed by atoms with Gasteiger partial charge in [-0.25, -0.2) is 13.8 Å². The number of carbonyl (C=O) groups is 2. The normalized spacial score (nSPS) is 14.9. The summed E-state index contributed by atoms with van der Waals surface area (Å²) in [6.45, 7) is 0.195. The van der Waals surface area contributed by atoms with Gasteiger partial charge in [0.15, 0.2) is 0 Å². The van der Waals surface area contributed by atoms with Gasteiger partial charge in [0, 0.05) is 22.9 Å². The van der Waals surface area contributed by atoms with Crippen molar-refractivity contribution in [2.75, 3.05) is 13.2 Å². The second-order valence-electron chi connectivity index (χ2n) is 10.2. The van der Waals surface area contributed by atoms with Gasteiger partial charge in [0.1, 0.15) is 23.1 Å². The number of pyridine rings is 1. The molecular formula is C29H26F5N5O4. The summed E-state index contributed by atoms with van der Waals surface area (Å²) in [4.78, 5) is 28.8. The summed E-state index contributed by atoms with van der Waals surface area (Å²) in [5, 5.41) is 17.5. The lowest BCUT2D eigenvalue weighted by Crippen LogP contribution is -2.51. The van der Waals surface area contributed by atoms with E-state index in [4.69, 9.17) is 10.5 Å². The van der Waals surface area contributed by atoms with E-state index in [0.717, 1.165) is 37.1 Å². The van der Waals surface area contributed by atoms with Crippen LogP contribution in [0.25, 0.3) is 22.2 Å². The number of halogens is 5. The van der Waals surface area contributed by atoms with Crippen LogP contribution < -0.4 is 15.8 Å². The molecule has 1 fully saturated rings. The first-order valence-corrected chi connectivity index (χ1v) is 13.3. The monoisotopic (exact) mass is 603 g/mol. The lowest BCUT2D eigenvalue weighted by Gasteiger charge is -2.31. The van der Waals surface area contributed by atoms with Gasteiger partial charge in [0.25, 0.3) is 5.91 Å². The SMILES string of the molecule is CCOc1c(CC(N)=O)cc([C@@](O)(CNC(=O)c2cc(F)c3cn(C4CC4)nc3c2)C(F)(F)F)nc1-c1ccc(F)cc1. The molecule has 1 aliphatic rings. The second kappa shape index (κ2) is 11.2. The molecule has 1 atom stereocenters. The molecule has 1 aliphatic carbocycles. The molecule has 226 valence electrons. The van der Waals surface area contributed by atoms with E-state index in [-0.39, 0.29) is 51.7 Å². The third-order valence-electron chi connectivity index (χ3n) is 6.99. The highest BCUT2D eigenvalue weighted by Gasteiger charge is 2.56. The standard InChI is InChI=1S/C29H26F5N5O4/c1-2-43-26-16(12-24(35)40)11-23(37-25(26)15-3-5-18(30)6-4-15)28(42,29(32,33)34)14-36-27(41)17-9-21(31)20-13-39(19-7-8-19)38-22(20)10-17/h3-6,9-11,13,19,42H,2,7-8,12,14H2,1H3,(H2,35,40)(H,36,41)/t28-/m0/s1. The van der Waals surface area contributed by atoms with Crippen molar-refractivity contribution >= 4 is 22.7 Å². The first-order chi connectivity index (χ1) is 20.3. The van der Waals surface area contributed by atoms with E-state index in [1.165, 1.54) is 24.4 Å². The quantitative estimate of drug-likeness (QED) is 0.232. The maximum atomic E-state index is 14.8. The summed E-state index contributed by atoms with van der Waals surface area (Å²) in [6.07, 6.45) is -2.72. The predicted molar refractivity (Wildman–Crippen MR) is 144 cm³/mol. The Morgan fingerprint density at radius 2 is 1.84 bits per heavy atom. The van der Waals surface area contributed by atoms with E-state index in [9.17, 15) is 36.6 Å². The maximum absolute atomic E-state index is 14.8. The van der Waals surface area contributed by atoms with E-state index in [1.54, 1.807) is 11.6 Å². The number of fused-ring (bicyclic) bond motifs is 1. The molecular weight excluding hydrogens is 577 g/mol. The van der Waals surface area contributed by atoms with Crippen molar-refractivity contribution in [3.63, 3.8) is 0 Å². The van der Waals surface area contributed by atoms with Gasteiger partial charge in [-0.05, 0) is 62.2 Å². The molecule has 2 heterocycles. The van der Waals surface area contributed by atoms with Gasteiger partial charge in [-0.2, -0.15) is 18.3 Å². The molecule has 14 heteroatoms. The van der Waals surface area contributed by atoms with Crippen LogP contribution in [0.4, 0.5) is 22.0 Å². The Bertz CT molecular complexity index is 1700. The minimum Gasteiger partial charge on any atom is -0.491 e. The number of amides is 2. The van der Waals surface area contributed by atoms with Gasteiger partial charge in [0.05, 0.1) is 42.2 Å². The Labute approximate surface area is 241 Å². The van der Waals surface area contributed by atoms with Crippen molar-refractivity contribution < 1.29 is 41.4 Å². The first kappa shape index (κ1) is 29.9. The third kappa shape index (κ3) is 6.00. The second-order valence-corrected chi connectivity index (χ2v) is 10.2. The van der Waals surface area contributed by atoms with Crippen molar-refractivity contribution in [3.05, 3.63) is 77.1 Å². The summed E-state index contributed by atoms with van der Waals surface area (Å²) >= 11 is 0. The Balaban J connectivity index is 1.54. The smallest absolute Gasteiger partial charge is 0.424 e. The topological polar surface area (TPSA) is 132 Å². The van der Waals surface area contributed by atoms with Gasteiger partial charge in [-0.3, -0.25) is 14.3 Å². The number of nitrogens with zero attached hydrogens (tertiary/aromatic N) is 3. The molecule has 4 N–H and O–H groups in total. The predicted octanol–water partition coefficient (Wildman–Crippen LogP) is 4.32. The highest BCUT2D eigenvalue weighted by molar-refractivity contribution is 5.98. The fraction of sp³-hybridized carbons (Fsp3) is 0.310. The molecule has 0 radical (unpaired) electrons. The number of rotatable bonds is 10. The summed E-state index contributed by atoms with van der Waals surface area (Å²) in [5.41, 5.74) is 0.194. The molecule has 0 bridgehead atoms. The molecule has 1 saturated carbocycles. The van der Waals surface area contributed by atoms with E-state index in [1.807, 2.05) is 5.32 Å². The Hall–Kier alpha value is -4.59. The molecule has 2 aromatic heterocycles. The van der Waals surface area contributed by atoms with Crippen LogP contribution in [0.2, 0.25) is 0 Å². The van der Waals surface area contributed by atoms with Crippen molar-refractivity contribution in [1.29, 1.82) is 0 Å². The summed E-state index contributed by atoms with van der Waals surface area (Å²) in [6, 6.07) is 7.64. The minimum absolute atomic E-state index is 0.0282. The van der Waals surface area contributed by atoms with Crippen LogP contribution in [0.5, 0.6) is 5.75 Å². The number of nitrogens with one attached hydrogen (secondary N) is 1. The minimum atomic E-state index is -5.40. The van der Waals surface area contributed by atoms with E-state index in [2.05, 4.69) is 10.1 Å². The largest absolute Gasteiger partial charge is 0.491 e. The van der Waals surface area contributed by atoms with Gasteiger partial charge in [-0.1, -0.05) is 0 Å². The maximum Gasteiger partial charge on any atom is 0.424 e. The average molecular weight is 604 g/mol. The summed E-state index contributed by atoms with van der Waals surface area (Å²) < 4.78 is 79.2. The van der Waals surface area contributed by atoms with Crippen LogP contribution in [0.1, 0.15) is 47.4 Å². The zero-order valence-corrected chi connectivity index (χ0v) is 22.7. The van der Waals surface area contributed by atoms with Crippen LogP contribution in [0.3, 0.4) is 0 Å². The van der Waals surface area contributed by atoms with Crippen LogP contribution in [-0.2, 0) is 16.8 Å². The van der Waals surface area contributed by atoms with E-state index >= 15 is 0 Å². The number of hydrogen-bond acceptors (Lipinski definition) is 6. The molecule has 0 saturated heterocycles. The number of ether oxygens (including phenoxy) is 1. The molecule has 0 aliphatic heterocycles. The Kier molecular flexibility index (Phi) is 7.82. The zero-order valence-electron chi connectivity index (χ0n) is 22.7. The van der Waals surface area contributed by atoms with Crippen LogP contribution in [0.15, 0.2) is 48.7 Å². The highest BCUT2D eigenvalue weighted by atomic mass is 19.4. The van der Waals surface area contributed by atoms with Gasteiger partial charge < -0.3 is 20.9 Å². The molecule has 4 aromatic rings. The summed E-state index contributed by atoms with van der Waals surface area (Å²) in [7, 11) is 0. The number of nitrogens with two attached hydrogens (primary N) is 1. The van der Waals surface area contributed by atoms with Gasteiger partial charge in [-0.15, -0.1) is 0 Å². The molecule has 2 aromatic carbocycles. The van der Waals surface area contributed by atoms with Crippen molar-refractivity contribution in [2.24, 2.45) is 5.73 Å². The van der Waals surface area contributed by atoms with Crippen molar-refractivity contribution in [2.45, 2.75) is 44.0 Å². The molecule has 2 amide bonds. The number of hydrogen-bond donors (Lipinski definition) is 3. The lowest BCUT2D eigenvalue weighted by molar-refractivity contribution is -0.265. The number of aromatic nitrogens is 3. The van der Waals surface area contributed by atoms with Gasteiger partial charge in [0.2, 0.25) is 11.5 Å². The molecule has 43 heavy (non-hydrogen) atoms. The first-order valence-electron chi connectivity index (χ1n) is 13.3. The highest BCUT2D eigenvalue weighted by Crippen LogP contribution is 2.42. The van der Waals surface area contributed by atoms with E-state index in [0.29, 0.717) is 0 Å². The van der Waals surface area contributed by atoms with Gasteiger partial charge >= 0.3 is 6.18 Å². The fourth-order valence-corrected chi connectivity index (χ4v) is 4.63. The van der Waals surface area contributed by atoms with Crippen LogP contribution in [0, 0.1) is 11.6 Å². The van der Waals surface area contributed by atoms with Crippen molar-refractivity contribution in [3.8, 4) is 17.0 Å². The van der Waals surface area contributed by atoms with Crippen LogP contribution >= 0.6 is 0 Å². The number of primary amides is 1. The number of alkyl halides is 3. The van der Waals surface area contributed by atoms with Crippen molar-refractivity contribution in [1.82, 2.24) is 20.1 Å². The molecule has 9 nitrogen and oxygen atoms in total. The molecule has 0 spiro atoms. The summed E-state index contributed by atoms with van der Waals surface area (Å²) in [5.74, 6) is -3.51. The lowest BCUT2D eigenvalue weighted by atomic mass is 9.93. The molecule has 5 rings (SSSR count). The number of benzene rings is 2. The fourth-order valence-electron chi connectivity index (χ4n) is 4.63. The average Bonchev–Trinajstić information content (AvgIpc) is 3.70. The van der Waals surface area contributed by atoms with Crippen LogP contribution in [-0.4, -0.2) is 51.0 Å². The Morgan fingerprint density at radius 3 is 2.44 bits per heavy atom. The number of aliphatic hydroxyl groups is 1. The zero-order chi connectivity index (χ0) is 31.1. The number of carbonyl (C=O) groups excluding carboxylic acids is 2. The third-order valence-corrected chi connectivity index (χ3v) is 6.99. The molecule has 0 unspecified atom stereocenters.